The van der Waals surface area contributed by atoms with Crippen molar-refractivity contribution in [1.29, 1.82) is 0 Å². The van der Waals surface area contributed by atoms with Crippen molar-refractivity contribution in [1.82, 2.24) is 15.1 Å². The highest BCUT2D eigenvalue weighted by molar-refractivity contribution is 6.05. The fourth-order valence-corrected chi connectivity index (χ4v) is 3.25. The molecule has 2 heterocycles. The van der Waals surface area contributed by atoms with Crippen molar-refractivity contribution in [3.63, 3.8) is 0 Å². The number of nitrogens with one attached hydrogen (secondary N) is 1. The molecule has 2 aliphatic heterocycles. The predicted molar refractivity (Wildman–Crippen MR) is 78.3 cm³/mol. The van der Waals surface area contributed by atoms with Crippen LogP contribution in [0.4, 0.5) is 0 Å². The predicted octanol–water partition coefficient (Wildman–Crippen LogP) is 0.986. The number of amides is 2. The zero-order valence-corrected chi connectivity index (χ0v) is 12.9. The molecule has 1 N–H and O–H groups in total. The monoisotopic (exact) mass is 281 g/mol. The largest absolute Gasteiger partial charge is 0.302 e. The molecule has 0 saturated carbocycles. The van der Waals surface area contributed by atoms with Gasteiger partial charge in [0.25, 0.3) is 0 Å². The van der Waals surface area contributed by atoms with Gasteiger partial charge in [-0.05, 0) is 46.7 Å². The van der Waals surface area contributed by atoms with Gasteiger partial charge in [0, 0.05) is 18.6 Å². The molecule has 2 fully saturated rings. The van der Waals surface area contributed by atoms with E-state index in [4.69, 9.17) is 0 Å². The molecule has 2 unspecified atom stereocenters. The summed E-state index contributed by atoms with van der Waals surface area (Å²) in [6.07, 6.45) is 4.18. The van der Waals surface area contributed by atoms with E-state index in [-0.39, 0.29) is 29.9 Å². The van der Waals surface area contributed by atoms with Gasteiger partial charge in [-0.25, -0.2) is 0 Å². The van der Waals surface area contributed by atoms with Crippen molar-refractivity contribution in [2.24, 2.45) is 0 Å². The van der Waals surface area contributed by atoms with E-state index in [1.165, 1.54) is 24.2 Å². The topological polar surface area (TPSA) is 52.7 Å². The fourth-order valence-electron chi connectivity index (χ4n) is 3.25. The van der Waals surface area contributed by atoms with E-state index in [9.17, 15) is 9.59 Å². The molecule has 2 amide bonds. The van der Waals surface area contributed by atoms with E-state index in [2.05, 4.69) is 17.1 Å². The first-order valence-corrected chi connectivity index (χ1v) is 7.83. The van der Waals surface area contributed by atoms with Gasteiger partial charge in [0.05, 0.1) is 12.5 Å². The first-order chi connectivity index (χ1) is 9.49. The van der Waals surface area contributed by atoms with E-state index in [1.54, 1.807) is 0 Å². The molecule has 2 aliphatic rings. The summed E-state index contributed by atoms with van der Waals surface area (Å²) in [4.78, 5) is 27.9. The van der Waals surface area contributed by atoms with Crippen molar-refractivity contribution < 1.29 is 9.59 Å². The minimum absolute atomic E-state index is 0.0424. The average Bonchev–Trinajstić information content (AvgIpc) is 2.65. The van der Waals surface area contributed by atoms with Crippen LogP contribution in [0.2, 0.25) is 0 Å². The van der Waals surface area contributed by atoms with E-state index in [0.29, 0.717) is 6.42 Å². The van der Waals surface area contributed by atoms with Gasteiger partial charge in [0.1, 0.15) is 0 Å². The van der Waals surface area contributed by atoms with Gasteiger partial charge >= 0.3 is 0 Å². The molecule has 0 bridgehead atoms. The molecular weight excluding hydrogens is 254 g/mol. The number of nitrogens with zero attached hydrogens (tertiary/aromatic N) is 2. The maximum Gasteiger partial charge on any atom is 0.247 e. The van der Waals surface area contributed by atoms with Crippen LogP contribution in [-0.4, -0.2) is 59.4 Å². The highest BCUT2D eigenvalue weighted by Gasteiger charge is 2.40. The van der Waals surface area contributed by atoms with Crippen LogP contribution in [0.3, 0.4) is 0 Å². The van der Waals surface area contributed by atoms with Crippen LogP contribution in [-0.2, 0) is 9.59 Å². The minimum Gasteiger partial charge on any atom is -0.302 e. The van der Waals surface area contributed by atoms with Crippen LogP contribution in [0.5, 0.6) is 0 Å². The molecule has 0 aromatic rings. The molecule has 5 heteroatoms. The number of piperidine rings is 1. The van der Waals surface area contributed by atoms with E-state index in [1.807, 2.05) is 13.8 Å². The fraction of sp³-hybridized carbons (Fsp3) is 0.867. The Morgan fingerprint density at radius 3 is 2.35 bits per heavy atom. The lowest BCUT2D eigenvalue weighted by atomic mass is 10.1. The van der Waals surface area contributed by atoms with Crippen molar-refractivity contribution in [3.8, 4) is 0 Å². The highest BCUT2D eigenvalue weighted by atomic mass is 16.2. The SMILES string of the molecule is CC(CN1CCCCC1)NC1CC(=O)N(C(C)C)C1=O. The Hall–Kier alpha value is -0.940. The summed E-state index contributed by atoms with van der Waals surface area (Å²) in [5.74, 6) is -0.108. The van der Waals surface area contributed by atoms with Crippen molar-refractivity contribution in [2.45, 2.75) is 64.6 Å². The summed E-state index contributed by atoms with van der Waals surface area (Å²) in [5.41, 5.74) is 0. The van der Waals surface area contributed by atoms with E-state index < -0.39 is 0 Å². The van der Waals surface area contributed by atoms with Crippen LogP contribution in [0, 0.1) is 0 Å². The van der Waals surface area contributed by atoms with Crippen LogP contribution in [0.15, 0.2) is 0 Å². The number of carbonyl (C=O) groups is 2. The second-order valence-corrected chi connectivity index (χ2v) is 6.38. The van der Waals surface area contributed by atoms with Crippen LogP contribution in [0.1, 0.15) is 46.5 Å². The zero-order chi connectivity index (χ0) is 14.7. The molecule has 20 heavy (non-hydrogen) atoms. The van der Waals surface area contributed by atoms with E-state index >= 15 is 0 Å². The first-order valence-electron chi connectivity index (χ1n) is 7.83. The molecule has 5 nitrogen and oxygen atoms in total. The lowest BCUT2D eigenvalue weighted by molar-refractivity contribution is -0.140. The number of carbonyl (C=O) groups excluding carboxylic acids is 2. The molecule has 0 aromatic heterocycles. The van der Waals surface area contributed by atoms with Gasteiger partial charge in [-0.1, -0.05) is 6.42 Å². The number of hydrogen-bond acceptors (Lipinski definition) is 4. The molecule has 0 aromatic carbocycles. The molecule has 2 rings (SSSR count). The number of imide groups is 1. The second kappa shape index (κ2) is 6.68. The Bertz CT molecular complexity index is 364. The summed E-state index contributed by atoms with van der Waals surface area (Å²) < 4.78 is 0. The molecule has 114 valence electrons. The van der Waals surface area contributed by atoms with Gasteiger partial charge in [-0.2, -0.15) is 0 Å². The van der Waals surface area contributed by atoms with Gasteiger partial charge in [0.15, 0.2) is 0 Å². The third-order valence-electron chi connectivity index (χ3n) is 4.17. The lowest BCUT2D eigenvalue weighted by Crippen LogP contribution is -2.48. The molecule has 0 aliphatic carbocycles. The van der Waals surface area contributed by atoms with Crippen molar-refractivity contribution in [2.75, 3.05) is 19.6 Å². The van der Waals surface area contributed by atoms with Crippen molar-refractivity contribution >= 4 is 11.8 Å². The molecule has 2 atom stereocenters. The Labute approximate surface area is 121 Å². The van der Waals surface area contributed by atoms with Crippen LogP contribution in [0.25, 0.3) is 0 Å². The standard InChI is InChI=1S/C15H27N3O2/c1-11(2)18-14(19)9-13(15(18)20)16-12(3)10-17-7-5-4-6-8-17/h11-13,16H,4-10H2,1-3H3. The summed E-state index contributed by atoms with van der Waals surface area (Å²) in [7, 11) is 0. The highest BCUT2D eigenvalue weighted by Crippen LogP contribution is 2.17. The Morgan fingerprint density at radius 2 is 1.80 bits per heavy atom. The maximum atomic E-state index is 12.2. The number of hydrogen-bond donors (Lipinski definition) is 1. The van der Waals surface area contributed by atoms with E-state index in [0.717, 1.165) is 19.6 Å². The Balaban J connectivity index is 1.83. The Kier molecular flexibility index (Phi) is 5.16. The van der Waals surface area contributed by atoms with Gasteiger partial charge in [-0.3, -0.25) is 14.5 Å². The van der Waals surface area contributed by atoms with Gasteiger partial charge in [-0.15, -0.1) is 0 Å². The minimum atomic E-state index is -0.329. The quantitative estimate of drug-likeness (QED) is 0.764. The normalized spacial score (nSPS) is 26.6. The first kappa shape index (κ1) is 15.4. The summed E-state index contributed by atoms with van der Waals surface area (Å²) in [5, 5.41) is 3.34. The third-order valence-corrected chi connectivity index (χ3v) is 4.17. The maximum absolute atomic E-state index is 12.2. The summed E-state index contributed by atoms with van der Waals surface area (Å²) in [6, 6.07) is -0.133. The Morgan fingerprint density at radius 1 is 1.15 bits per heavy atom. The summed E-state index contributed by atoms with van der Waals surface area (Å²) >= 11 is 0. The molecule has 0 spiro atoms. The average molecular weight is 281 g/mol. The molecule has 0 radical (unpaired) electrons. The van der Waals surface area contributed by atoms with Gasteiger partial charge in [0.2, 0.25) is 11.8 Å². The van der Waals surface area contributed by atoms with Crippen LogP contribution < -0.4 is 5.32 Å². The summed E-state index contributed by atoms with van der Waals surface area (Å²) in [6.45, 7) is 9.14. The lowest BCUT2D eigenvalue weighted by Gasteiger charge is -2.30. The molecular formula is C15H27N3O2. The second-order valence-electron chi connectivity index (χ2n) is 6.38. The number of rotatable bonds is 5. The number of likely N-dealkylation sites (tertiary alicyclic amines) is 2. The molecule has 2 saturated heterocycles. The van der Waals surface area contributed by atoms with Gasteiger partial charge < -0.3 is 10.2 Å². The smallest absolute Gasteiger partial charge is 0.247 e. The van der Waals surface area contributed by atoms with Crippen LogP contribution >= 0.6 is 0 Å². The van der Waals surface area contributed by atoms with Crippen molar-refractivity contribution in [3.05, 3.63) is 0 Å². The third kappa shape index (κ3) is 3.58. The zero-order valence-electron chi connectivity index (χ0n) is 12.9.